The van der Waals surface area contributed by atoms with Crippen molar-refractivity contribution in [3.8, 4) is 0 Å². The molecule has 0 fully saturated rings. The predicted molar refractivity (Wildman–Crippen MR) is 46.5 cm³/mol. The van der Waals surface area contributed by atoms with Crippen molar-refractivity contribution in [3.05, 3.63) is 11.3 Å². The Kier molecular flexibility index (Phi) is 3.77. The highest BCUT2D eigenvalue weighted by Gasteiger charge is 1.96. The second-order valence-electron chi connectivity index (χ2n) is 2.31. The van der Waals surface area contributed by atoms with Crippen LogP contribution in [0.15, 0.2) is 16.3 Å². The lowest BCUT2D eigenvalue weighted by molar-refractivity contribution is 0.972. The van der Waals surface area contributed by atoms with E-state index in [1.54, 1.807) is 0 Å². The summed E-state index contributed by atoms with van der Waals surface area (Å²) >= 11 is 0. The van der Waals surface area contributed by atoms with Gasteiger partial charge in [-0.25, -0.2) is 0 Å². The second kappa shape index (κ2) is 4.09. The Balaban J connectivity index is 4.46. The van der Waals surface area contributed by atoms with E-state index in [1.165, 1.54) is 11.3 Å². The molecule has 10 heavy (non-hydrogen) atoms. The summed E-state index contributed by atoms with van der Waals surface area (Å²) in [5.74, 6) is 0. The largest absolute Gasteiger partial charge is 0.391 e. The van der Waals surface area contributed by atoms with Crippen LogP contribution >= 0.6 is 0 Å². The molecule has 0 unspecified atom stereocenters. The quantitative estimate of drug-likeness (QED) is 0.579. The number of hydrogen-bond donors (Lipinski definition) is 1. The molecular weight excluding hydrogens is 124 g/mol. The lowest BCUT2D eigenvalue weighted by Crippen LogP contribution is -2.08. The molecule has 1 N–H and O–H groups in total. The van der Waals surface area contributed by atoms with Gasteiger partial charge < -0.3 is 5.32 Å². The lowest BCUT2D eigenvalue weighted by Gasteiger charge is -2.05. The van der Waals surface area contributed by atoms with E-state index in [9.17, 15) is 0 Å². The van der Waals surface area contributed by atoms with Crippen LogP contribution in [0.2, 0.25) is 0 Å². The van der Waals surface area contributed by atoms with Crippen LogP contribution in [0.4, 0.5) is 0 Å². The van der Waals surface area contributed by atoms with Gasteiger partial charge in [0.15, 0.2) is 0 Å². The lowest BCUT2D eigenvalue weighted by atomic mass is 10.1. The van der Waals surface area contributed by atoms with Gasteiger partial charge in [0.05, 0.1) is 0 Å². The molecule has 0 saturated heterocycles. The SMILES string of the molecule is C/N=C(C)\C(C)=C(\C)NC. The number of hydrogen-bond acceptors (Lipinski definition) is 2. The Morgan fingerprint density at radius 3 is 2.00 bits per heavy atom. The van der Waals surface area contributed by atoms with Gasteiger partial charge in [-0.05, 0) is 26.3 Å². The fourth-order valence-electron chi connectivity index (χ4n) is 0.627. The van der Waals surface area contributed by atoms with Gasteiger partial charge in [-0.2, -0.15) is 0 Å². The van der Waals surface area contributed by atoms with E-state index >= 15 is 0 Å². The molecule has 0 heterocycles. The summed E-state index contributed by atoms with van der Waals surface area (Å²) in [7, 11) is 3.73. The van der Waals surface area contributed by atoms with Crippen molar-refractivity contribution >= 4 is 5.71 Å². The van der Waals surface area contributed by atoms with Crippen LogP contribution in [-0.2, 0) is 0 Å². The summed E-state index contributed by atoms with van der Waals surface area (Å²) in [6.45, 7) is 6.12. The number of allylic oxidation sites excluding steroid dienone is 2. The molecule has 58 valence electrons. The molecule has 0 aromatic carbocycles. The zero-order valence-electron chi connectivity index (χ0n) is 7.45. The molecule has 0 amide bonds. The third kappa shape index (κ3) is 2.21. The Morgan fingerprint density at radius 2 is 1.70 bits per heavy atom. The fourth-order valence-corrected chi connectivity index (χ4v) is 0.627. The molecule has 0 rings (SSSR count). The Labute approximate surface area is 63.0 Å². The van der Waals surface area contributed by atoms with Gasteiger partial charge in [0.2, 0.25) is 0 Å². The number of rotatable bonds is 2. The maximum absolute atomic E-state index is 4.08. The van der Waals surface area contributed by atoms with Crippen molar-refractivity contribution in [2.24, 2.45) is 4.99 Å². The minimum absolute atomic E-state index is 1.09. The normalized spacial score (nSPS) is 14.7. The molecule has 0 atom stereocenters. The average Bonchev–Trinajstić information content (AvgIpc) is 2.00. The van der Waals surface area contributed by atoms with Gasteiger partial charge in [0.1, 0.15) is 0 Å². The molecule has 0 aliphatic rings. The highest BCUT2D eigenvalue weighted by atomic mass is 14.8. The standard InChI is InChI=1S/C8H16N2/c1-6(7(2)9-4)8(3)10-5/h9H,1-5H3/b7-6-,10-8-. The first-order valence-electron chi connectivity index (χ1n) is 3.42. The van der Waals surface area contributed by atoms with Crippen molar-refractivity contribution in [1.82, 2.24) is 5.32 Å². The fraction of sp³-hybridized carbons (Fsp3) is 0.625. The van der Waals surface area contributed by atoms with Crippen LogP contribution in [0.25, 0.3) is 0 Å². The van der Waals surface area contributed by atoms with Crippen molar-refractivity contribution < 1.29 is 0 Å². The van der Waals surface area contributed by atoms with Crippen LogP contribution < -0.4 is 5.32 Å². The molecule has 0 bridgehead atoms. The maximum atomic E-state index is 4.08. The molecule has 0 aliphatic heterocycles. The summed E-state index contributed by atoms with van der Waals surface area (Å²) in [5.41, 5.74) is 3.50. The summed E-state index contributed by atoms with van der Waals surface area (Å²) in [6.07, 6.45) is 0. The summed E-state index contributed by atoms with van der Waals surface area (Å²) in [6, 6.07) is 0. The van der Waals surface area contributed by atoms with Crippen molar-refractivity contribution in [1.29, 1.82) is 0 Å². The van der Waals surface area contributed by atoms with Gasteiger partial charge in [-0.15, -0.1) is 0 Å². The first-order valence-corrected chi connectivity index (χ1v) is 3.42. The molecule has 0 spiro atoms. The van der Waals surface area contributed by atoms with Crippen molar-refractivity contribution in [3.63, 3.8) is 0 Å². The highest BCUT2D eigenvalue weighted by molar-refractivity contribution is 5.98. The van der Waals surface area contributed by atoms with Crippen molar-refractivity contribution in [2.45, 2.75) is 20.8 Å². The smallest absolute Gasteiger partial charge is 0.0360 e. The molecular formula is C8H16N2. The van der Waals surface area contributed by atoms with Crippen LogP contribution in [0, 0.1) is 0 Å². The van der Waals surface area contributed by atoms with E-state index in [4.69, 9.17) is 0 Å². The van der Waals surface area contributed by atoms with Gasteiger partial charge in [0.25, 0.3) is 0 Å². The Morgan fingerprint density at radius 1 is 1.20 bits per heavy atom. The van der Waals surface area contributed by atoms with Crippen LogP contribution in [-0.4, -0.2) is 19.8 Å². The van der Waals surface area contributed by atoms with Crippen LogP contribution in [0.3, 0.4) is 0 Å². The minimum Gasteiger partial charge on any atom is -0.391 e. The van der Waals surface area contributed by atoms with E-state index < -0.39 is 0 Å². The molecule has 0 saturated carbocycles. The monoisotopic (exact) mass is 140 g/mol. The van der Waals surface area contributed by atoms with Gasteiger partial charge >= 0.3 is 0 Å². The van der Waals surface area contributed by atoms with E-state index in [0.29, 0.717) is 0 Å². The second-order valence-corrected chi connectivity index (χ2v) is 2.31. The summed E-state index contributed by atoms with van der Waals surface area (Å²) in [5, 5.41) is 3.08. The third-order valence-corrected chi connectivity index (χ3v) is 1.82. The Bertz CT molecular complexity index is 166. The zero-order valence-corrected chi connectivity index (χ0v) is 7.45. The molecule has 0 aromatic heterocycles. The van der Waals surface area contributed by atoms with E-state index in [0.717, 1.165) is 5.71 Å². The van der Waals surface area contributed by atoms with Crippen LogP contribution in [0.5, 0.6) is 0 Å². The van der Waals surface area contributed by atoms with E-state index in [1.807, 2.05) is 27.9 Å². The molecule has 2 nitrogen and oxygen atoms in total. The van der Waals surface area contributed by atoms with E-state index in [-0.39, 0.29) is 0 Å². The minimum atomic E-state index is 1.09. The highest BCUT2D eigenvalue weighted by Crippen LogP contribution is 2.01. The van der Waals surface area contributed by atoms with Gasteiger partial charge in [-0.1, -0.05) is 0 Å². The van der Waals surface area contributed by atoms with E-state index in [2.05, 4.69) is 17.2 Å². The number of nitrogens with one attached hydrogen (secondary N) is 1. The molecule has 0 aliphatic carbocycles. The Hall–Kier alpha value is -0.790. The number of aliphatic imine (C=N–C) groups is 1. The number of nitrogens with zero attached hydrogens (tertiary/aromatic N) is 1. The zero-order chi connectivity index (χ0) is 8.15. The third-order valence-electron chi connectivity index (χ3n) is 1.82. The topological polar surface area (TPSA) is 24.4 Å². The first-order chi connectivity index (χ1) is 4.63. The molecule has 0 radical (unpaired) electrons. The first kappa shape index (κ1) is 9.21. The van der Waals surface area contributed by atoms with Crippen molar-refractivity contribution in [2.75, 3.05) is 14.1 Å². The summed E-state index contributed by atoms with van der Waals surface area (Å²) in [4.78, 5) is 4.08. The van der Waals surface area contributed by atoms with Gasteiger partial charge in [-0.3, -0.25) is 4.99 Å². The van der Waals surface area contributed by atoms with Gasteiger partial charge in [0, 0.05) is 25.5 Å². The molecule has 0 aromatic rings. The average molecular weight is 140 g/mol. The van der Waals surface area contributed by atoms with Crippen LogP contribution in [0.1, 0.15) is 20.8 Å². The molecule has 2 heteroatoms. The predicted octanol–water partition coefficient (Wildman–Crippen LogP) is 1.59. The maximum Gasteiger partial charge on any atom is 0.0360 e. The summed E-state index contributed by atoms with van der Waals surface area (Å²) < 4.78 is 0.